The Hall–Kier alpha value is -0.570. The quantitative estimate of drug-likeness (QED) is 0.530. The molecule has 0 aromatic rings. The fourth-order valence-corrected chi connectivity index (χ4v) is 0.165. The summed E-state index contributed by atoms with van der Waals surface area (Å²) in [6, 6.07) is 0. The van der Waals surface area contributed by atoms with Crippen molar-refractivity contribution in [3.8, 4) is 0 Å². The Balaban J connectivity index is 2.82. The van der Waals surface area contributed by atoms with E-state index in [0.29, 0.717) is 6.61 Å². The molecule has 2 N–H and O–H groups in total. The maximum Gasteiger partial charge on any atom is 0.249 e. The molecule has 1 amide bonds. The second kappa shape index (κ2) is 3.61. The number of carbonyl (C=O) groups excluding carboxylic acids is 1. The average molecular weight is 102 g/mol. The van der Waals surface area contributed by atoms with Gasteiger partial charge in [-0.3, -0.25) is 4.79 Å². The van der Waals surface area contributed by atoms with Crippen LogP contribution in [-0.2, 0) is 9.53 Å². The molecular weight excluding hydrogens is 94.0 g/mol. The molecule has 0 heterocycles. The number of hydrogen-bond donors (Lipinski definition) is 1. The standard InChI is InChI=1S/C4H8NO2/c1-2-7-3-4(5)6/h3H,2H2,1H3,(H2,5,6). The fraction of sp³-hybridized carbons (Fsp3) is 0.500. The second-order valence-corrected chi connectivity index (χ2v) is 0.976. The number of rotatable bonds is 3. The van der Waals surface area contributed by atoms with E-state index < -0.39 is 5.91 Å². The molecule has 0 spiro atoms. The second-order valence-electron chi connectivity index (χ2n) is 0.976. The lowest BCUT2D eigenvalue weighted by Crippen LogP contribution is -2.12. The van der Waals surface area contributed by atoms with E-state index in [0.717, 1.165) is 6.61 Å². The van der Waals surface area contributed by atoms with E-state index in [4.69, 9.17) is 0 Å². The van der Waals surface area contributed by atoms with Gasteiger partial charge in [-0.25, -0.2) is 0 Å². The molecule has 0 bridgehead atoms. The lowest BCUT2D eigenvalue weighted by molar-refractivity contribution is -0.118. The van der Waals surface area contributed by atoms with Crippen molar-refractivity contribution in [3.63, 3.8) is 0 Å². The Labute approximate surface area is 42.4 Å². The van der Waals surface area contributed by atoms with E-state index in [1.807, 2.05) is 0 Å². The van der Waals surface area contributed by atoms with Crippen molar-refractivity contribution >= 4 is 5.91 Å². The topological polar surface area (TPSA) is 52.3 Å². The summed E-state index contributed by atoms with van der Waals surface area (Å²) in [7, 11) is 0. The van der Waals surface area contributed by atoms with E-state index >= 15 is 0 Å². The van der Waals surface area contributed by atoms with E-state index in [9.17, 15) is 4.79 Å². The van der Waals surface area contributed by atoms with Gasteiger partial charge < -0.3 is 10.5 Å². The Bertz CT molecular complexity index is 62.7. The zero-order chi connectivity index (χ0) is 5.70. The van der Waals surface area contributed by atoms with Crippen LogP contribution >= 0.6 is 0 Å². The molecule has 1 radical (unpaired) electrons. The van der Waals surface area contributed by atoms with E-state index in [1.165, 1.54) is 0 Å². The minimum atomic E-state index is -0.540. The molecule has 0 unspecified atom stereocenters. The number of hydrogen-bond acceptors (Lipinski definition) is 2. The minimum Gasteiger partial charge on any atom is -0.367 e. The van der Waals surface area contributed by atoms with Gasteiger partial charge in [-0.15, -0.1) is 0 Å². The molecule has 0 aromatic heterocycles. The lowest BCUT2D eigenvalue weighted by atomic mass is 10.7. The summed E-state index contributed by atoms with van der Waals surface area (Å²) in [6.45, 7) is 3.25. The van der Waals surface area contributed by atoms with Gasteiger partial charge in [0.25, 0.3) is 0 Å². The van der Waals surface area contributed by atoms with Crippen LogP contribution < -0.4 is 5.73 Å². The molecule has 0 aromatic carbocycles. The summed E-state index contributed by atoms with van der Waals surface area (Å²) < 4.78 is 4.50. The highest BCUT2D eigenvalue weighted by Crippen LogP contribution is 1.75. The lowest BCUT2D eigenvalue weighted by Gasteiger charge is -1.90. The third-order valence-corrected chi connectivity index (χ3v) is 0.366. The first kappa shape index (κ1) is 6.43. The first-order chi connectivity index (χ1) is 3.27. The van der Waals surface area contributed by atoms with Gasteiger partial charge in [0.2, 0.25) is 5.91 Å². The van der Waals surface area contributed by atoms with Crippen molar-refractivity contribution < 1.29 is 9.53 Å². The molecule has 0 aliphatic rings. The number of ether oxygens (including phenoxy) is 1. The van der Waals surface area contributed by atoms with Crippen LogP contribution in [0.1, 0.15) is 6.92 Å². The number of primary amides is 1. The summed E-state index contributed by atoms with van der Waals surface area (Å²) in [6.07, 6.45) is 0. The molecule has 3 nitrogen and oxygen atoms in total. The highest BCUT2D eigenvalue weighted by Gasteiger charge is 1.89. The van der Waals surface area contributed by atoms with E-state index in [2.05, 4.69) is 10.5 Å². The molecule has 3 heteroatoms. The smallest absolute Gasteiger partial charge is 0.249 e. The van der Waals surface area contributed by atoms with Gasteiger partial charge >= 0.3 is 0 Å². The highest BCUT2D eigenvalue weighted by atomic mass is 16.5. The molecular formula is C4H8NO2. The van der Waals surface area contributed by atoms with Crippen molar-refractivity contribution in [2.45, 2.75) is 6.92 Å². The third-order valence-electron chi connectivity index (χ3n) is 0.366. The van der Waals surface area contributed by atoms with Crippen LogP contribution in [0.4, 0.5) is 0 Å². The SMILES string of the molecule is CCO[CH]C(N)=O. The zero-order valence-corrected chi connectivity index (χ0v) is 4.18. The van der Waals surface area contributed by atoms with Gasteiger partial charge in [0, 0.05) is 6.61 Å². The van der Waals surface area contributed by atoms with Gasteiger partial charge in [0.15, 0.2) is 6.61 Å². The minimum absolute atomic E-state index is 0.489. The van der Waals surface area contributed by atoms with Gasteiger partial charge in [0.1, 0.15) is 0 Å². The molecule has 0 aliphatic carbocycles. The predicted octanol–water partition coefficient (Wildman–Crippen LogP) is -0.330. The van der Waals surface area contributed by atoms with Crippen LogP contribution in [0.5, 0.6) is 0 Å². The summed E-state index contributed by atoms with van der Waals surface area (Å²) in [4.78, 5) is 9.80. The summed E-state index contributed by atoms with van der Waals surface area (Å²) in [5, 5.41) is 0. The number of nitrogens with two attached hydrogens (primary N) is 1. The Morgan fingerprint density at radius 1 is 2.00 bits per heavy atom. The third kappa shape index (κ3) is 5.43. The van der Waals surface area contributed by atoms with Gasteiger partial charge in [-0.2, -0.15) is 0 Å². The normalized spacial score (nSPS) is 8.71. The molecule has 0 fully saturated rings. The van der Waals surface area contributed by atoms with Crippen LogP contribution in [0.3, 0.4) is 0 Å². The van der Waals surface area contributed by atoms with Gasteiger partial charge in [0.05, 0.1) is 0 Å². The molecule has 0 atom stereocenters. The molecule has 0 aliphatic heterocycles. The van der Waals surface area contributed by atoms with Crippen LogP contribution in [-0.4, -0.2) is 12.5 Å². The summed E-state index contributed by atoms with van der Waals surface area (Å²) >= 11 is 0. The molecule has 41 valence electrons. The maximum atomic E-state index is 9.80. The molecule has 0 rings (SSSR count). The highest BCUT2D eigenvalue weighted by molar-refractivity contribution is 5.80. The fourth-order valence-electron chi connectivity index (χ4n) is 0.165. The Kier molecular flexibility index (Phi) is 3.32. The summed E-state index contributed by atoms with van der Waals surface area (Å²) in [5.74, 6) is -0.540. The molecule has 7 heavy (non-hydrogen) atoms. The van der Waals surface area contributed by atoms with Crippen molar-refractivity contribution in [1.82, 2.24) is 0 Å². The van der Waals surface area contributed by atoms with Crippen LogP contribution in [0, 0.1) is 6.61 Å². The Morgan fingerprint density at radius 2 is 2.57 bits per heavy atom. The van der Waals surface area contributed by atoms with Crippen LogP contribution in [0.2, 0.25) is 0 Å². The molecule has 0 saturated carbocycles. The van der Waals surface area contributed by atoms with Crippen molar-refractivity contribution in [3.05, 3.63) is 6.61 Å². The Morgan fingerprint density at radius 3 is 2.71 bits per heavy atom. The van der Waals surface area contributed by atoms with Gasteiger partial charge in [-0.1, -0.05) is 0 Å². The van der Waals surface area contributed by atoms with Crippen LogP contribution in [0.25, 0.3) is 0 Å². The van der Waals surface area contributed by atoms with Gasteiger partial charge in [-0.05, 0) is 6.92 Å². The largest absolute Gasteiger partial charge is 0.367 e. The first-order valence-electron chi connectivity index (χ1n) is 2.01. The zero-order valence-electron chi connectivity index (χ0n) is 4.18. The monoisotopic (exact) mass is 102 g/mol. The van der Waals surface area contributed by atoms with E-state index in [-0.39, 0.29) is 0 Å². The maximum absolute atomic E-state index is 9.80. The summed E-state index contributed by atoms with van der Waals surface area (Å²) in [5.41, 5.74) is 4.66. The first-order valence-corrected chi connectivity index (χ1v) is 2.01. The van der Waals surface area contributed by atoms with Crippen LogP contribution in [0.15, 0.2) is 0 Å². The van der Waals surface area contributed by atoms with E-state index in [1.54, 1.807) is 6.92 Å². The van der Waals surface area contributed by atoms with Crippen molar-refractivity contribution in [1.29, 1.82) is 0 Å². The van der Waals surface area contributed by atoms with Crippen molar-refractivity contribution in [2.24, 2.45) is 5.73 Å². The number of carbonyl (C=O) groups is 1. The molecule has 0 saturated heterocycles. The van der Waals surface area contributed by atoms with Crippen molar-refractivity contribution in [2.75, 3.05) is 6.61 Å². The number of amides is 1. The predicted molar refractivity (Wildman–Crippen MR) is 25.1 cm³/mol. The average Bonchev–Trinajstić information content (AvgIpc) is 1.61.